The first kappa shape index (κ1) is 16.5. The fourth-order valence-electron chi connectivity index (χ4n) is 3.37. The Morgan fingerprint density at radius 3 is 2.61 bits per heavy atom. The van der Waals surface area contributed by atoms with E-state index in [2.05, 4.69) is 22.5 Å². The number of aromatic nitrogens is 2. The van der Waals surface area contributed by atoms with Gasteiger partial charge < -0.3 is 10.4 Å². The first-order valence-corrected chi connectivity index (χ1v) is 8.63. The summed E-state index contributed by atoms with van der Waals surface area (Å²) in [6.07, 6.45) is 4.40. The lowest BCUT2D eigenvalue weighted by atomic mass is 9.98. The Bertz CT molecular complexity index is 648. The van der Waals surface area contributed by atoms with Crippen LogP contribution in [0.1, 0.15) is 42.5 Å². The van der Waals surface area contributed by atoms with E-state index in [1.54, 1.807) is 0 Å². The van der Waals surface area contributed by atoms with E-state index >= 15 is 0 Å². The molecule has 2 N–H and O–H groups in total. The molecule has 1 saturated carbocycles. The third-order valence-corrected chi connectivity index (χ3v) is 5.28. The molecule has 0 aliphatic heterocycles. The molecule has 23 heavy (non-hydrogen) atoms. The van der Waals surface area contributed by atoms with Gasteiger partial charge in [0.15, 0.2) is 0 Å². The molecular formula is C18H24ClN3O. The molecule has 1 aromatic carbocycles. The number of benzene rings is 1. The largest absolute Gasteiger partial charge is 0.394 e. The molecule has 0 amide bonds. The van der Waals surface area contributed by atoms with E-state index in [-0.39, 0.29) is 12.1 Å². The van der Waals surface area contributed by atoms with Gasteiger partial charge in [0, 0.05) is 17.6 Å². The molecule has 1 aromatic heterocycles. The number of nitrogens with zero attached hydrogens (tertiary/aromatic N) is 2. The minimum Gasteiger partial charge on any atom is -0.394 e. The van der Waals surface area contributed by atoms with E-state index in [0.717, 1.165) is 24.1 Å². The average Bonchev–Trinajstić information content (AvgIpc) is 3.13. The summed E-state index contributed by atoms with van der Waals surface area (Å²) in [6.45, 7) is 3.50. The van der Waals surface area contributed by atoms with Gasteiger partial charge in [-0.05, 0) is 25.3 Å². The molecule has 0 bridgehead atoms. The van der Waals surface area contributed by atoms with Crippen molar-refractivity contribution in [2.75, 3.05) is 6.61 Å². The zero-order valence-electron chi connectivity index (χ0n) is 13.6. The zero-order chi connectivity index (χ0) is 16.3. The highest BCUT2D eigenvalue weighted by Crippen LogP contribution is 2.30. The Hall–Kier alpha value is -1.36. The second-order valence-corrected chi connectivity index (χ2v) is 6.86. The maximum atomic E-state index is 9.72. The minimum atomic E-state index is -0.142. The summed E-state index contributed by atoms with van der Waals surface area (Å²) in [7, 11) is 0. The van der Waals surface area contributed by atoms with Gasteiger partial charge in [0.1, 0.15) is 5.15 Å². The molecule has 0 atom stereocenters. The Labute approximate surface area is 142 Å². The van der Waals surface area contributed by atoms with Crippen LogP contribution in [0, 0.1) is 6.92 Å². The lowest BCUT2D eigenvalue weighted by Crippen LogP contribution is -2.45. The summed E-state index contributed by atoms with van der Waals surface area (Å²) < 4.78 is 1.85. The lowest BCUT2D eigenvalue weighted by molar-refractivity contribution is 0.163. The van der Waals surface area contributed by atoms with Gasteiger partial charge in [-0.3, -0.25) is 0 Å². The molecule has 4 nitrogen and oxygen atoms in total. The van der Waals surface area contributed by atoms with Gasteiger partial charge in [-0.25, -0.2) is 4.68 Å². The number of hydrogen-bond acceptors (Lipinski definition) is 3. The van der Waals surface area contributed by atoms with Crippen molar-refractivity contribution in [3.63, 3.8) is 0 Å². The van der Waals surface area contributed by atoms with E-state index in [1.807, 2.05) is 29.8 Å². The number of aryl methyl sites for hydroxylation is 1. The number of aliphatic hydroxyl groups excluding tert-OH is 1. The van der Waals surface area contributed by atoms with Crippen molar-refractivity contribution in [2.24, 2.45) is 0 Å². The number of rotatable bonds is 6. The predicted octanol–water partition coefficient (Wildman–Crippen LogP) is 3.29. The first-order chi connectivity index (χ1) is 11.1. The average molecular weight is 334 g/mol. The maximum Gasteiger partial charge on any atom is 0.132 e. The Morgan fingerprint density at radius 2 is 1.96 bits per heavy atom. The molecule has 0 saturated heterocycles. The van der Waals surface area contributed by atoms with E-state index in [4.69, 9.17) is 11.6 Å². The number of hydrogen-bond donors (Lipinski definition) is 2. The Kier molecular flexibility index (Phi) is 5.05. The van der Waals surface area contributed by atoms with Crippen LogP contribution in [0.3, 0.4) is 0 Å². The molecule has 0 radical (unpaired) electrons. The minimum absolute atomic E-state index is 0.142. The van der Waals surface area contributed by atoms with Gasteiger partial charge >= 0.3 is 0 Å². The highest BCUT2D eigenvalue weighted by atomic mass is 35.5. The number of aliphatic hydroxyl groups is 1. The maximum absolute atomic E-state index is 9.72. The normalized spacial score (nSPS) is 16.8. The quantitative estimate of drug-likeness (QED) is 0.853. The molecule has 1 fully saturated rings. The fourth-order valence-corrected chi connectivity index (χ4v) is 3.67. The highest BCUT2D eigenvalue weighted by Gasteiger charge is 2.33. The molecule has 3 rings (SSSR count). The molecule has 5 heteroatoms. The smallest absolute Gasteiger partial charge is 0.132 e. The third kappa shape index (κ3) is 3.60. The molecular weight excluding hydrogens is 310 g/mol. The molecule has 124 valence electrons. The molecule has 1 aliphatic carbocycles. The predicted molar refractivity (Wildman–Crippen MR) is 92.6 cm³/mol. The van der Waals surface area contributed by atoms with Gasteiger partial charge in [0.2, 0.25) is 0 Å². The molecule has 0 spiro atoms. The molecule has 0 unspecified atom stereocenters. The van der Waals surface area contributed by atoms with Crippen molar-refractivity contribution in [3.05, 3.63) is 52.3 Å². The van der Waals surface area contributed by atoms with Gasteiger partial charge in [0.05, 0.1) is 18.8 Å². The highest BCUT2D eigenvalue weighted by molar-refractivity contribution is 6.30. The van der Waals surface area contributed by atoms with Gasteiger partial charge in [-0.15, -0.1) is 0 Å². The van der Waals surface area contributed by atoms with E-state index in [1.165, 1.54) is 18.4 Å². The molecule has 1 heterocycles. The van der Waals surface area contributed by atoms with Gasteiger partial charge in [0.25, 0.3) is 0 Å². The number of nitrogens with one attached hydrogen (secondary N) is 1. The van der Waals surface area contributed by atoms with Crippen molar-refractivity contribution in [1.82, 2.24) is 15.1 Å². The zero-order valence-corrected chi connectivity index (χ0v) is 14.3. The topological polar surface area (TPSA) is 50.1 Å². The van der Waals surface area contributed by atoms with E-state index in [9.17, 15) is 5.11 Å². The van der Waals surface area contributed by atoms with Crippen LogP contribution in [0.4, 0.5) is 0 Å². The van der Waals surface area contributed by atoms with Crippen molar-refractivity contribution in [1.29, 1.82) is 0 Å². The summed E-state index contributed by atoms with van der Waals surface area (Å²) in [5.74, 6) is 0. The van der Waals surface area contributed by atoms with Crippen molar-refractivity contribution in [2.45, 2.75) is 51.2 Å². The van der Waals surface area contributed by atoms with Gasteiger partial charge in [-0.1, -0.05) is 54.8 Å². The molecule has 2 aromatic rings. The first-order valence-electron chi connectivity index (χ1n) is 8.25. The van der Waals surface area contributed by atoms with Crippen molar-refractivity contribution in [3.8, 4) is 0 Å². The second-order valence-electron chi connectivity index (χ2n) is 6.50. The molecule has 1 aliphatic rings. The summed E-state index contributed by atoms with van der Waals surface area (Å²) in [6, 6.07) is 10.2. The number of halogens is 1. The van der Waals surface area contributed by atoms with Crippen LogP contribution < -0.4 is 5.32 Å². The summed E-state index contributed by atoms with van der Waals surface area (Å²) in [4.78, 5) is 0. The summed E-state index contributed by atoms with van der Waals surface area (Å²) in [5.41, 5.74) is 3.02. The van der Waals surface area contributed by atoms with Crippen LogP contribution in [0.25, 0.3) is 0 Å². The van der Waals surface area contributed by atoms with Gasteiger partial charge in [-0.2, -0.15) is 5.10 Å². The van der Waals surface area contributed by atoms with Crippen LogP contribution in [0.2, 0.25) is 5.15 Å². The van der Waals surface area contributed by atoms with Crippen molar-refractivity contribution >= 4 is 11.6 Å². The second kappa shape index (κ2) is 7.04. The van der Waals surface area contributed by atoms with Crippen LogP contribution in [0.15, 0.2) is 30.3 Å². The SMILES string of the molecule is Cc1nn(Cc2ccccc2)c(Cl)c1CNC1(CO)CCCC1. The Morgan fingerprint density at radius 1 is 1.26 bits per heavy atom. The van der Waals surface area contributed by atoms with Crippen LogP contribution in [-0.4, -0.2) is 27.0 Å². The fraction of sp³-hybridized carbons (Fsp3) is 0.500. The standard InChI is InChI=1S/C18H24ClN3O/c1-14-16(11-20-18(13-23)9-5-6-10-18)17(19)22(21-14)12-15-7-3-2-4-8-15/h2-4,7-8,20,23H,5-6,9-13H2,1H3. The van der Waals surface area contributed by atoms with Crippen molar-refractivity contribution < 1.29 is 5.11 Å². The summed E-state index contributed by atoms with van der Waals surface area (Å²) >= 11 is 6.55. The van der Waals surface area contributed by atoms with Crippen LogP contribution >= 0.6 is 11.6 Å². The monoisotopic (exact) mass is 333 g/mol. The lowest BCUT2D eigenvalue weighted by Gasteiger charge is -2.28. The van der Waals surface area contributed by atoms with E-state index in [0.29, 0.717) is 18.2 Å². The van der Waals surface area contributed by atoms with E-state index < -0.39 is 0 Å². The van der Waals surface area contributed by atoms with Crippen LogP contribution in [-0.2, 0) is 13.1 Å². The third-order valence-electron chi connectivity index (χ3n) is 4.86. The van der Waals surface area contributed by atoms with Crippen LogP contribution in [0.5, 0.6) is 0 Å². The Balaban J connectivity index is 1.73. The summed E-state index contributed by atoms with van der Waals surface area (Å²) in [5, 5.41) is 18.5.